The van der Waals surface area contributed by atoms with Crippen molar-refractivity contribution in [1.82, 2.24) is 0 Å². The smallest absolute Gasteiger partial charge is 0.380 e. The lowest BCUT2D eigenvalue weighted by Gasteiger charge is -2.29. The molecule has 0 unspecified atom stereocenters. The normalized spacial score (nSPS) is 11.6. The number of hydrogen-bond acceptors (Lipinski definition) is 3. The van der Waals surface area contributed by atoms with E-state index in [2.05, 4.69) is 78.0 Å². The van der Waals surface area contributed by atoms with Crippen molar-refractivity contribution in [2.45, 2.75) is 0 Å². The predicted octanol–water partition coefficient (Wildman–Crippen LogP) is 3.77. The van der Waals surface area contributed by atoms with Gasteiger partial charge in [0, 0.05) is 4.88 Å². The molecule has 1 aromatic heterocycles. The molecule has 0 N–H and O–H groups in total. The van der Waals surface area contributed by atoms with E-state index in [1.807, 2.05) is 35.7 Å². The number of thiophene rings is 1. The molecule has 27 heavy (non-hydrogen) atoms. The lowest BCUT2D eigenvalue weighted by molar-refractivity contribution is 0.351. The van der Waals surface area contributed by atoms with Gasteiger partial charge in [0.25, 0.3) is 0 Å². The molecule has 0 bridgehead atoms. The van der Waals surface area contributed by atoms with E-state index in [1.54, 1.807) is 17.6 Å². The second kappa shape index (κ2) is 8.16. The summed E-state index contributed by atoms with van der Waals surface area (Å²) in [6.07, 6.45) is 1.81. The van der Waals surface area contributed by atoms with Crippen LogP contribution in [0.5, 0.6) is 0 Å². The number of benzene rings is 3. The van der Waals surface area contributed by atoms with Gasteiger partial charge in [-0.15, -0.1) is 16.5 Å². The maximum absolute atomic E-state index is 6.48. The fourth-order valence-corrected chi connectivity index (χ4v) is 7.29. The van der Waals surface area contributed by atoms with Crippen molar-refractivity contribution in [3.8, 4) is 0 Å². The molecule has 2 nitrogen and oxygen atoms in total. The van der Waals surface area contributed by atoms with Gasteiger partial charge in [0.05, 0.1) is 6.21 Å². The molecule has 0 radical (unpaired) electrons. The molecule has 3 aromatic carbocycles. The minimum atomic E-state index is -2.75. The molecule has 4 rings (SSSR count). The molecule has 0 amide bonds. The van der Waals surface area contributed by atoms with Crippen LogP contribution >= 0.6 is 11.3 Å². The van der Waals surface area contributed by atoms with E-state index in [0.29, 0.717) is 0 Å². The highest BCUT2D eigenvalue weighted by Crippen LogP contribution is 2.11. The van der Waals surface area contributed by atoms with Crippen LogP contribution in [0.2, 0.25) is 0 Å². The molecule has 4 heteroatoms. The van der Waals surface area contributed by atoms with Crippen LogP contribution in [0.3, 0.4) is 0 Å². The first-order chi connectivity index (χ1) is 13.4. The highest BCUT2D eigenvalue weighted by Gasteiger charge is 2.44. The second-order valence-corrected chi connectivity index (χ2v) is 10.4. The Balaban J connectivity index is 1.89. The van der Waals surface area contributed by atoms with Gasteiger partial charge in [-0.3, -0.25) is 0 Å². The highest BCUT2D eigenvalue weighted by molar-refractivity contribution is 7.11. The third-order valence-electron chi connectivity index (χ3n) is 4.45. The first-order valence-corrected chi connectivity index (χ1v) is 11.6. The predicted molar refractivity (Wildman–Crippen MR) is 117 cm³/mol. The van der Waals surface area contributed by atoms with Gasteiger partial charge < -0.3 is 4.53 Å². The van der Waals surface area contributed by atoms with Crippen molar-refractivity contribution in [3.63, 3.8) is 0 Å². The molecule has 1 heterocycles. The maximum Gasteiger partial charge on any atom is 0.380 e. The monoisotopic (exact) mass is 385 g/mol. The van der Waals surface area contributed by atoms with E-state index in [0.717, 1.165) is 4.88 Å². The number of nitrogens with zero attached hydrogens (tertiary/aromatic N) is 1. The minimum absolute atomic E-state index is 1.08. The SMILES string of the molecule is C(=NO[Si](c1ccccc1)(c1ccccc1)c1ccccc1)c1cccs1. The molecule has 0 atom stereocenters. The molecule has 0 saturated carbocycles. The lowest BCUT2D eigenvalue weighted by Crippen LogP contribution is -2.68. The summed E-state index contributed by atoms with van der Waals surface area (Å²) in [5.41, 5.74) is 0. The van der Waals surface area contributed by atoms with Crippen LogP contribution in [0.1, 0.15) is 4.88 Å². The number of hydrogen-bond donors (Lipinski definition) is 0. The zero-order valence-corrected chi connectivity index (χ0v) is 16.5. The first kappa shape index (κ1) is 17.5. The van der Waals surface area contributed by atoms with Crippen LogP contribution in [-0.4, -0.2) is 14.5 Å². The maximum atomic E-state index is 6.48. The van der Waals surface area contributed by atoms with Crippen molar-refractivity contribution in [2.75, 3.05) is 0 Å². The van der Waals surface area contributed by atoms with Gasteiger partial charge in [-0.05, 0) is 27.0 Å². The fourth-order valence-electron chi connectivity index (χ4n) is 3.20. The summed E-state index contributed by atoms with van der Waals surface area (Å²) in [5, 5.41) is 10.0. The van der Waals surface area contributed by atoms with E-state index in [9.17, 15) is 0 Å². The Bertz CT molecular complexity index is 890. The van der Waals surface area contributed by atoms with Crippen molar-refractivity contribution in [2.24, 2.45) is 5.16 Å². The topological polar surface area (TPSA) is 21.6 Å². The Morgan fingerprint density at radius 1 is 0.630 bits per heavy atom. The van der Waals surface area contributed by atoms with Crippen LogP contribution in [0, 0.1) is 0 Å². The average molecular weight is 386 g/mol. The van der Waals surface area contributed by atoms with Crippen molar-refractivity contribution in [1.29, 1.82) is 0 Å². The molecule has 132 valence electrons. The average Bonchev–Trinajstić information content (AvgIpc) is 3.27. The minimum Gasteiger partial charge on any atom is -0.438 e. The zero-order valence-electron chi connectivity index (χ0n) is 14.7. The Morgan fingerprint density at radius 3 is 1.52 bits per heavy atom. The van der Waals surface area contributed by atoms with E-state index in [1.165, 1.54) is 15.6 Å². The summed E-state index contributed by atoms with van der Waals surface area (Å²) in [5.74, 6) is 0. The lowest BCUT2D eigenvalue weighted by atomic mass is 10.3. The van der Waals surface area contributed by atoms with Crippen LogP contribution in [0.25, 0.3) is 0 Å². The standard InChI is InChI=1S/C23H19NOSSi/c1-4-12-21(13-5-1)27(22-14-6-2-7-15-22,23-16-8-3-9-17-23)25-24-19-20-11-10-18-26-20/h1-19H. The Labute approximate surface area is 164 Å². The second-order valence-electron chi connectivity index (χ2n) is 6.12. The van der Waals surface area contributed by atoms with Gasteiger partial charge in [-0.25, -0.2) is 0 Å². The molecular formula is C23H19NOSSi. The molecule has 0 fully saturated rings. The largest absolute Gasteiger partial charge is 0.438 e. The fraction of sp³-hybridized carbons (Fsp3) is 0. The molecule has 4 aromatic rings. The van der Waals surface area contributed by atoms with Crippen molar-refractivity contribution >= 4 is 41.4 Å². The van der Waals surface area contributed by atoms with Crippen LogP contribution in [0.15, 0.2) is 114 Å². The van der Waals surface area contributed by atoms with E-state index < -0.39 is 8.32 Å². The van der Waals surface area contributed by atoms with E-state index >= 15 is 0 Å². The number of oxime groups is 1. The highest BCUT2D eigenvalue weighted by atomic mass is 32.1. The van der Waals surface area contributed by atoms with Gasteiger partial charge in [-0.2, -0.15) is 0 Å². The summed E-state index contributed by atoms with van der Waals surface area (Å²) in [4.78, 5) is 1.08. The van der Waals surface area contributed by atoms with Gasteiger partial charge in [0.1, 0.15) is 0 Å². The first-order valence-electron chi connectivity index (χ1n) is 8.81. The van der Waals surface area contributed by atoms with Gasteiger partial charge in [0.15, 0.2) is 0 Å². The third-order valence-corrected chi connectivity index (χ3v) is 9.08. The van der Waals surface area contributed by atoms with Gasteiger partial charge in [-0.1, -0.05) is 97.1 Å². The molecule has 0 saturated heterocycles. The van der Waals surface area contributed by atoms with Gasteiger partial charge >= 0.3 is 8.32 Å². The summed E-state index contributed by atoms with van der Waals surface area (Å²) in [6, 6.07) is 35.4. The Kier molecular flexibility index (Phi) is 5.28. The molecular weight excluding hydrogens is 366 g/mol. The molecule has 0 aliphatic rings. The van der Waals surface area contributed by atoms with Crippen molar-refractivity contribution < 1.29 is 4.53 Å². The van der Waals surface area contributed by atoms with E-state index in [-0.39, 0.29) is 0 Å². The van der Waals surface area contributed by atoms with Crippen LogP contribution in [-0.2, 0) is 4.53 Å². The van der Waals surface area contributed by atoms with E-state index in [4.69, 9.17) is 4.53 Å². The molecule has 0 aliphatic carbocycles. The van der Waals surface area contributed by atoms with Crippen LogP contribution in [0.4, 0.5) is 0 Å². The molecule has 0 spiro atoms. The third kappa shape index (κ3) is 3.63. The quantitative estimate of drug-likeness (QED) is 0.214. The summed E-state index contributed by atoms with van der Waals surface area (Å²) >= 11 is 1.65. The summed E-state index contributed by atoms with van der Waals surface area (Å²) < 4.78 is 6.48. The Hall–Kier alpha value is -2.95. The molecule has 0 aliphatic heterocycles. The van der Waals surface area contributed by atoms with Crippen molar-refractivity contribution in [3.05, 3.63) is 113 Å². The number of rotatable bonds is 6. The van der Waals surface area contributed by atoms with Crippen LogP contribution < -0.4 is 15.6 Å². The summed E-state index contributed by atoms with van der Waals surface area (Å²) in [6.45, 7) is 0. The zero-order chi connectivity index (χ0) is 18.4. The van der Waals surface area contributed by atoms with Gasteiger partial charge in [0.2, 0.25) is 0 Å². The summed E-state index contributed by atoms with van der Waals surface area (Å²) in [7, 11) is -2.75. The Morgan fingerprint density at radius 2 is 1.11 bits per heavy atom.